The molecule has 0 bridgehead atoms. The molecular formula is C12H11BrCl2N4. The van der Waals surface area contributed by atoms with Crippen molar-refractivity contribution in [1.29, 1.82) is 0 Å². The first kappa shape index (κ1) is 14.4. The van der Waals surface area contributed by atoms with Gasteiger partial charge in [-0.1, -0.05) is 45.2 Å². The lowest BCUT2D eigenvalue weighted by Crippen LogP contribution is -2.10. The van der Waals surface area contributed by atoms with E-state index >= 15 is 0 Å². The molecule has 1 aromatic carbocycles. The molecule has 2 rings (SSSR count). The van der Waals surface area contributed by atoms with Crippen molar-refractivity contribution in [2.75, 3.05) is 10.7 Å². The van der Waals surface area contributed by atoms with E-state index in [0.717, 1.165) is 15.7 Å². The predicted molar refractivity (Wildman–Crippen MR) is 84.2 cm³/mol. The molecule has 0 unspecified atom stereocenters. The predicted octanol–water partition coefficient (Wildman–Crippen LogP) is 4.49. The summed E-state index contributed by atoms with van der Waals surface area (Å²) in [5, 5.41) is 3.94. The Morgan fingerprint density at radius 3 is 2.53 bits per heavy atom. The summed E-state index contributed by atoms with van der Waals surface area (Å²) in [6.45, 7) is 1.99. The van der Waals surface area contributed by atoms with E-state index in [0.29, 0.717) is 21.7 Å². The summed E-state index contributed by atoms with van der Waals surface area (Å²) in [5.74, 6) is 6.19. The van der Waals surface area contributed by atoms with Crippen molar-refractivity contribution in [3.63, 3.8) is 0 Å². The fraction of sp³-hybridized carbons (Fsp3) is 0.0833. The normalized spacial score (nSPS) is 10.4. The average Bonchev–Trinajstić information content (AvgIpc) is 2.37. The van der Waals surface area contributed by atoms with Crippen LogP contribution >= 0.6 is 39.1 Å². The third-order valence-corrected chi connectivity index (χ3v) is 3.59. The van der Waals surface area contributed by atoms with Crippen molar-refractivity contribution in [1.82, 2.24) is 4.98 Å². The Bertz CT molecular complexity index is 619. The third kappa shape index (κ3) is 3.30. The Hall–Kier alpha value is -1.01. The highest BCUT2D eigenvalue weighted by molar-refractivity contribution is 9.10. The molecule has 0 aliphatic carbocycles. The topological polar surface area (TPSA) is 63.0 Å². The summed E-state index contributed by atoms with van der Waals surface area (Å²) in [7, 11) is 0. The Morgan fingerprint density at radius 2 is 1.84 bits per heavy atom. The molecule has 2 aromatic rings. The maximum absolute atomic E-state index is 6.11. The van der Waals surface area contributed by atoms with Gasteiger partial charge in [-0.25, -0.2) is 10.8 Å². The van der Waals surface area contributed by atoms with E-state index in [-0.39, 0.29) is 0 Å². The van der Waals surface area contributed by atoms with Crippen LogP contribution in [0.2, 0.25) is 10.0 Å². The molecule has 0 aliphatic rings. The van der Waals surface area contributed by atoms with Crippen molar-refractivity contribution in [2.45, 2.75) is 6.92 Å². The second-order valence-electron chi connectivity index (χ2n) is 3.88. The minimum Gasteiger partial charge on any atom is -0.339 e. The molecular weight excluding hydrogens is 351 g/mol. The van der Waals surface area contributed by atoms with Gasteiger partial charge < -0.3 is 10.7 Å². The number of anilines is 3. The van der Waals surface area contributed by atoms with Gasteiger partial charge in [0.1, 0.15) is 0 Å². The molecule has 0 fully saturated rings. The highest BCUT2D eigenvalue weighted by atomic mass is 79.9. The summed E-state index contributed by atoms with van der Waals surface area (Å²) in [4.78, 5) is 4.23. The minimum absolute atomic E-state index is 0.362. The van der Waals surface area contributed by atoms with Gasteiger partial charge in [-0.15, -0.1) is 0 Å². The van der Waals surface area contributed by atoms with Gasteiger partial charge in [0.2, 0.25) is 0 Å². The van der Waals surface area contributed by atoms with Crippen LogP contribution in [-0.4, -0.2) is 4.98 Å². The first-order valence-electron chi connectivity index (χ1n) is 5.37. The molecule has 0 saturated heterocycles. The number of nitrogens with two attached hydrogens (primary N) is 1. The van der Waals surface area contributed by atoms with Crippen molar-refractivity contribution in [3.05, 3.63) is 44.3 Å². The highest BCUT2D eigenvalue weighted by Crippen LogP contribution is 2.32. The SMILES string of the molecule is Cc1ccc(Br)cc1Nc1nc(NN)c(Cl)cc1Cl. The van der Waals surface area contributed by atoms with Gasteiger partial charge in [0.15, 0.2) is 11.6 Å². The number of nitrogens with one attached hydrogen (secondary N) is 2. The van der Waals surface area contributed by atoms with Crippen LogP contribution in [0.25, 0.3) is 0 Å². The Kier molecular flexibility index (Phi) is 4.52. The van der Waals surface area contributed by atoms with Gasteiger partial charge in [-0.05, 0) is 30.7 Å². The smallest absolute Gasteiger partial charge is 0.161 e. The summed E-state index contributed by atoms with van der Waals surface area (Å²) in [6.07, 6.45) is 0. The molecule has 100 valence electrons. The maximum Gasteiger partial charge on any atom is 0.161 e. The Morgan fingerprint density at radius 1 is 1.16 bits per heavy atom. The van der Waals surface area contributed by atoms with E-state index in [4.69, 9.17) is 29.0 Å². The quantitative estimate of drug-likeness (QED) is 0.556. The van der Waals surface area contributed by atoms with E-state index in [2.05, 4.69) is 31.7 Å². The van der Waals surface area contributed by atoms with Crippen molar-refractivity contribution in [3.8, 4) is 0 Å². The van der Waals surface area contributed by atoms with Gasteiger partial charge in [0.25, 0.3) is 0 Å². The zero-order valence-corrected chi connectivity index (χ0v) is 13.1. The first-order valence-corrected chi connectivity index (χ1v) is 6.92. The van der Waals surface area contributed by atoms with Gasteiger partial charge >= 0.3 is 0 Å². The van der Waals surface area contributed by atoms with Crippen molar-refractivity contribution >= 4 is 56.5 Å². The molecule has 0 atom stereocenters. The van der Waals surface area contributed by atoms with Crippen LogP contribution in [0.1, 0.15) is 5.56 Å². The molecule has 7 heteroatoms. The highest BCUT2D eigenvalue weighted by Gasteiger charge is 2.10. The number of aryl methyl sites for hydroxylation is 1. The van der Waals surface area contributed by atoms with Crippen molar-refractivity contribution < 1.29 is 0 Å². The van der Waals surface area contributed by atoms with E-state index < -0.39 is 0 Å². The summed E-state index contributed by atoms with van der Waals surface area (Å²) >= 11 is 15.5. The number of nitrogens with zero attached hydrogens (tertiary/aromatic N) is 1. The monoisotopic (exact) mass is 360 g/mol. The van der Waals surface area contributed by atoms with Gasteiger partial charge in [-0.3, -0.25) is 0 Å². The standard InChI is InChI=1S/C12H11BrCl2N4/c1-6-2-3-7(13)4-10(6)17-11-8(14)5-9(15)12(18-11)19-16/h2-5H,16H2,1H3,(H2,17,18,19). The van der Waals surface area contributed by atoms with Crippen LogP contribution in [-0.2, 0) is 0 Å². The molecule has 0 aliphatic heterocycles. The number of halogens is 3. The molecule has 19 heavy (non-hydrogen) atoms. The summed E-state index contributed by atoms with van der Waals surface area (Å²) < 4.78 is 0.961. The lowest BCUT2D eigenvalue weighted by atomic mass is 10.2. The zero-order chi connectivity index (χ0) is 14.0. The van der Waals surface area contributed by atoms with Crippen LogP contribution in [0.15, 0.2) is 28.7 Å². The number of pyridine rings is 1. The van der Waals surface area contributed by atoms with Crippen LogP contribution in [0.4, 0.5) is 17.3 Å². The summed E-state index contributed by atoms with van der Waals surface area (Å²) in [5.41, 5.74) is 4.39. The number of hydrogen-bond donors (Lipinski definition) is 3. The molecule has 0 radical (unpaired) electrons. The van der Waals surface area contributed by atoms with Gasteiger partial charge in [-0.2, -0.15) is 0 Å². The van der Waals surface area contributed by atoms with E-state index in [1.807, 2.05) is 25.1 Å². The molecule has 0 saturated carbocycles. The largest absolute Gasteiger partial charge is 0.339 e. The van der Waals surface area contributed by atoms with Gasteiger partial charge in [0, 0.05) is 10.2 Å². The third-order valence-electron chi connectivity index (χ3n) is 2.52. The van der Waals surface area contributed by atoms with Crippen molar-refractivity contribution in [2.24, 2.45) is 5.84 Å². The van der Waals surface area contributed by atoms with E-state index in [1.165, 1.54) is 0 Å². The number of rotatable bonds is 3. The summed E-state index contributed by atoms with van der Waals surface area (Å²) in [6, 6.07) is 7.47. The van der Waals surface area contributed by atoms with E-state index in [9.17, 15) is 0 Å². The lowest BCUT2D eigenvalue weighted by molar-refractivity contribution is 1.22. The fourth-order valence-corrected chi connectivity index (χ4v) is 2.33. The number of aromatic nitrogens is 1. The minimum atomic E-state index is 0.362. The first-order chi connectivity index (χ1) is 9.01. The number of hydrazine groups is 1. The average molecular weight is 362 g/mol. The van der Waals surface area contributed by atoms with Crippen LogP contribution in [0, 0.1) is 6.92 Å². The molecule has 0 spiro atoms. The Labute approximate surface area is 129 Å². The fourth-order valence-electron chi connectivity index (χ4n) is 1.51. The number of nitrogen functional groups attached to an aromatic ring is 1. The zero-order valence-electron chi connectivity index (χ0n) is 9.97. The Balaban J connectivity index is 2.40. The van der Waals surface area contributed by atoms with Crippen LogP contribution in [0.5, 0.6) is 0 Å². The lowest BCUT2D eigenvalue weighted by Gasteiger charge is -2.12. The molecule has 4 nitrogen and oxygen atoms in total. The van der Waals surface area contributed by atoms with Gasteiger partial charge in [0.05, 0.1) is 10.0 Å². The van der Waals surface area contributed by atoms with Crippen LogP contribution < -0.4 is 16.6 Å². The number of hydrogen-bond acceptors (Lipinski definition) is 4. The van der Waals surface area contributed by atoms with E-state index in [1.54, 1.807) is 6.07 Å². The number of benzene rings is 1. The maximum atomic E-state index is 6.11. The molecule has 1 heterocycles. The second-order valence-corrected chi connectivity index (χ2v) is 5.61. The molecule has 1 aromatic heterocycles. The second kappa shape index (κ2) is 5.96. The molecule has 4 N–H and O–H groups in total. The molecule has 0 amide bonds. The van der Waals surface area contributed by atoms with Crippen LogP contribution in [0.3, 0.4) is 0 Å².